The number of hydrogen-bond acceptors (Lipinski definition) is 4. The summed E-state index contributed by atoms with van der Waals surface area (Å²) < 4.78 is 25.0. The highest BCUT2D eigenvalue weighted by atomic mass is 32.2. The Morgan fingerprint density at radius 2 is 1.65 bits per heavy atom. The first-order valence-electron chi connectivity index (χ1n) is 7.22. The summed E-state index contributed by atoms with van der Waals surface area (Å²) in [7, 11) is -0.651. The van der Waals surface area contributed by atoms with Crippen LogP contribution >= 0.6 is 0 Å². The number of amides is 2. The van der Waals surface area contributed by atoms with Crippen molar-refractivity contribution in [3.63, 3.8) is 0 Å². The van der Waals surface area contributed by atoms with Crippen LogP contribution in [-0.2, 0) is 14.8 Å². The lowest BCUT2D eigenvalue weighted by atomic mass is 10.2. The first kappa shape index (κ1) is 19.1. The topological polar surface area (TPSA) is 95.6 Å². The van der Waals surface area contributed by atoms with E-state index in [1.165, 1.54) is 38.4 Å². The van der Waals surface area contributed by atoms with Gasteiger partial charge in [0.1, 0.15) is 0 Å². The molecular formula is C15H23N3O4S. The summed E-state index contributed by atoms with van der Waals surface area (Å²) in [6.45, 7) is 4.37. The number of nitrogens with one attached hydrogen (secondary N) is 2. The normalized spacial score (nSPS) is 11.6. The lowest BCUT2D eigenvalue weighted by molar-refractivity contribution is -0.120. The maximum atomic E-state index is 11.9. The molecule has 1 aromatic rings. The van der Waals surface area contributed by atoms with Crippen molar-refractivity contribution in [3.8, 4) is 0 Å². The highest BCUT2D eigenvalue weighted by Crippen LogP contribution is 2.13. The molecule has 0 aliphatic rings. The fraction of sp³-hybridized carbons (Fsp3) is 0.467. The van der Waals surface area contributed by atoms with E-state index in [9.17, 15) is 18.0 Å². The molecule has 0 heterocycles. The van der Waals surface area contributed by atoms with E-state index in [0.29, 0.717) is 18.0 Å². The predicted octanol–water partition coefficient (Wildman–Crippen LogP) is 0.439. The summed E-state index contributed by atoms with van der Waals surface area (Å²) in [6, 6.07) is 5.56. The molecular weight excluding hydrogens is 318 g/mol. The lowest BCUT2D eigenvalue weighted by Crippen LogP contribution is -2.38. The Morgan fingerprint density at radius 3 is 2.13 bits per heavy atom. The van der Waals surface area contributed by atoms with Gasteiger partial charge < -0.3 is 10.6 Å². The molecule has 0 aromatic heterocycles. The van der Waals surface area contributed by atoms with Gasteiger partial charge in [0.25, 0.3) is 5.91 Å². The SMILES string of the molecule is CC(C)CNC(=O)CNC(=O)c1ccc(S(=O)(=O)N(C)C)cc1. The van der Waals surface area contributed by atoms with Crippen LogP contribution in [0.1, 0.15) is 24.2 Å². The van der Waals surface area contributed by atoms with Crippen molar-refractivity contribution >= 4 is 21.8 Å². The van der Waals surface area contributed by atoms with Gasteiger partial charge in [-0.2, -0.15) is 0 Å². The molecule has 0 saturated heterocycles. The van der Waals surface area contributed by atoms with Gasteiger partial charge in [-0.15, -0.1) is 0 Å². The molecule has 0 aliphatic carbocycles. The number of hydrogen-bond donors (Lipinski definition) is 2. The fourth-order valence-electron chi connectivity index (χ4n) is 1.63. The maximum absolute atomic E-state index is 11.9. The molecule has 23 heavy (non-hydrogen) atoms. The highest BCUT2D eigenvalue weighted by Gasteiger charge is 2.17. The van der Waals surface area contributed by atoms with Gasteiger partial charge in [-0.1, -0.05) is 13.8 Å². The van der Waals surface area contributed by atoms with E-state index >= 15 is 0 Å². The molecule has 2 N–H and O–H groups in total. The Bertz CT molecular complexity index is 652. The quantitative estimate of drug-likeness (QED) is 0.752. The third-order valence-electron chi connectivity index (χ3n) is 3.01. The number of benzene rings is 1. The van der Waals surface area contributed by atoms with Crippen molar-refractivity contribution in [1.29, 1.82) is 0 Å². The van der Waals surface area contributed by atoms with Crippen molar-refractivity contribution in [2.45, 2.75) is 18.7 Å². The third-order valence-corrected chi connectivity index (χ3v) is 4.84. The average Bonchev–Trinajstić information content (AvgIpc) is 2.50. The molecule has 1 rings (SSSR count). The molecule has 2 amide bonds. The molecule has 128 valence electrons. The summed E-state index contributed by atoms with van der Waals surface area (Å²) in [5.41, 5.74) is 0.291. The van der Waals surface area contributed by atoms with E-state index in [1.807, 2.05) is 13.8 Å². The largest absolute Gasteiger partial charge is 0.354 e. The smallest absolute Gasteiger partial charge is 0.251 e. The third kappa shape index (κ3) is 5.65. The highest BCUT2D eigenvalue weighted by molar-refractivity contribution is 7.89. The molecule has 1 aromatic carbocycles. The van der Waals surface area contributed by atoms with Gasteiger partial charge in [-0.3, -0.25) is 9.59 Å². The average molecular weight is 341 g/mol. The number of sulfonamides is 1. The van der Waals surface area contributed by atoms with Crippen molar-refractivity contribution in [2.75, 3.05) is 27.2 Å². The van der Waals surface area contributed by atoms with Gasteiger partial charge in [0, 0.05) is 26.2 Å². The summed E-state index contributed by atoms with van der Waals surface area (Å²) in [5, 5.41) is 5.18. The minimum Gasteiger partial charge on any atom is -0.354 e. The molecule has 0 radical (unpaired) electrons. The van der Waals surface area contributed by atoms with Gasteiger partial charge in [-0.05, 0) is 30.2 Å². The Morgan fingerprint density at radius 1 is 1.09 bits per heavy atom. The van der Waals surface area contributed by atoms with E-state index in [1.54, 1.807) is 0 Å². The maximum Gasteiger partial charge on any atom is 0.251 e. The molecule has 0 unspecified atom stereocenters. The van der Waals surface area contributed by atoms with Crippen molar-refractivity contribution < 1.29 is 18.0 Å². The number of carbonyl (C=O) groups is 2. The zero-order valence-electron chi connectivity index (χ0n) is 13.8. The van der Waals surface area contributed by atoms with Crippen molar-refractivity contribution in [3.05, 3.63) is 29.8 Å². The molecule has 8 heteroatoms. The first-order valence-corrected chi connectivity index (χ1v) is 8.66. The predicted molar refractivity (Wildman–Crippen MR) is 87.5 cm³/mol. The summed E-state index contributed by atoms with van der Waals surface area (Å²) in [5.74, 6) is -0.363. The van der Waals surface area contributed by atoms with Crippen LogP contribution in [0.25, 0.3) is 0 Å². The second kappa shape index (κ2) is 8.07. The first-order chi connectivity index (χ1) is 10.6. The van der Waals surface area contributed by atoms with Crippen LogP contribution in [0.15, 0.2) is 29.2 Å². The second-order valence-electron chi connectivity index (χ2n) is 5.69. The van der Waals surface area contributed by atoms with Gasteiger partial charge in [-0.25, -0.2) is 12.7 Å². The van der Waals surface area contributed by atoms with E-state index in [4.69, 9.17) is 0 Å². The van der Waals surface area contributed by atoms with Crippen LogP contribution in [0.5, 0.6) is 0 Å². The Hall–Kier alpha value is -1.93. The monoisotopic (exact) mass is 341 g/mol. The summed E-state index contributed by atoms with van der Waals surface area (Å²) in [6.07, 6.45) is 0. The fourth-order valence-corrected chi connectivity index (χ4v) is 2.53. The molecule has 0 fully saturated rings. The van der Waals surface area contributed by atoms with Gasteiger partial charge in [0.2, 0.25) is 15.9 Å². The Balaban J connectivity index is 2.63. The number of carbonyl (C=O) groups excluding carboxylic acids is 2. The zero-order chi connectivity index (χ0) is 17.6. The van der Waals surface area contributed by atoms with E-state index < -0.39 is 15.9 Å². The Kier molecular flexibility index (Phi) is 6.71. The molecule has 0 saturated carbocycles. The van der Waals surface area contributed by atoms with Crippen LogP contribution < -0.4 is 10.6 Å². The van der Waals surface area contributed by atoms with Gasteiger partial charge >= 0.3 is 0 Å². The minimum atomic E-state index is -3.52. The minimum absolute atomic E-state index is 0.105. The van der Waals surface area contributed by atoms with Gasteiger partial charge in [0.05, 0.1) is 11.4 Å². The van der Waals surface area contributed by atoms with E-state index in [2.05, 4.69) is 10.6 Å². The van der Waals surface area contributed by atoms with Gasteiger partial charge in [0.15, 0.2) is 0 Å². The Labute approximate surface area is 137 Å². The molecule has 7 nitrogen and oxygen atoms in total. The van der Waals surface area contributed by atoms with Crippen LogP contribution in [0.3, 0.4) is 0 Å². The van der Waals surface area contributed by atoms with Crippen LogP contribution in [-0.4, -0.2) is 51.7 Å². The van der Waals surface area contributed by atoms with Crippen molar-refractivity contribution in [1.82, 2.24) is 14.9 Å². The standard InChI is InChI=1S/C15H23N3O4S/c1-11(2)9-16-14(19)10-17-15(20)12-5-7-13(8-6-12)23(21,22)18(3)4/h5-8,11H,9-10H2,1-4H3,(H,16,19)(H,17,20). The lowest BCUT2D eigenvalue weighted by Gasteiger charge is -2.12. The van der Waals surface area contributed by atoms with E-state index in [-0.39, 0.29) is 17.3 Å². The van der Waals surface area contributed by atoms with Crippen LogP contribution in [0.2, 0.25) is 0 Å². The number of rotatable bonds is 7. The van der Waals surface area contributed by atoms with Crippen LogP contribution in [0, 0.1) is 5.92 Å². The molecule has 0 bridgehead atoms. The van der Waals surface area contributed by atoms with E-state index in [0.717, 1.165) is 4.31 Å². The van der Waals surface area contributed by atoms with Crippen LogP contribution in [0.4, 0.5) is 0 Å². The number of nitrogens with zero attached hydrogens (tertiary/aromatic N) is 1. The summed E-state index contributed by atoms with van der Waals surface area (Å²) >= 11 is 0. The zero-order valence-corrected chi connectivity index (χ0v) is 14.6. The second-order valence-corrected chi connectivity index (χ2v) is 7.84. The van der Waals surface area contributed by atoms with Crippen molar-refractivity contribution in [2.24, 2.45) is 5.92 Å². The summed E-state index contributed by atoms with van der Waals surface area (Å²) in [4.78, 5) is 23.6. The molecule has 0 spiro atoms. The molecule has 0 aliphatic heterocycles. The molecule has 0 atom stereocenters.